The minimum atomic E-state index is -4.36. The molecular weight excluding hydrogens is 487 g/mol. The van der Waals surface area contributed by atoms with E-state index in [1.165, 1.54) is 24.7 Å². The lowest BCUT2D eigenvalue weighted by molar-refractivity contribution is -0.138. The Kier molecular flexibility index (Phi) is 8.38. The van der Waals surface area contributed by atoms with Crippen molar-refractivity contribution in [1.29, 1.82) is 0 Å². The number of hydrogen-bond donors (Lipinski definition) is 1. The molecule has 0 unspecified atom stereocenters. The second-order valence-electron chi connectivity index (χ2n) is 10.3. The summed E-state index contributed by atoms with van der Waals surface area (Å²) in [5.41, 5.74) is 1.30. The summed E-state index contributed by atoms with van der Waals surface area (Å²) in [5.74, 6) is 0.680. The molecule has 0 radical (unpaired) electrons. The first kappa shape index (κ1) is 26.6. The number of piperidine rings is 1. The molecule has 0 atom stereocenters. The molecule has 36 heavy (non-hydrogen) atoms. The van der Waals surface area contributed by atoms with Crippen LogP contribution in [-0.4, -0.2) is 43.5 Å². The Balaban J connectivity index is 1.22. The number of carbonyl (C=O) groups excluding carboxylic acids is 1. The summed E-state index contributed by atoms with van der Waals surface area (Å²) in [6.45, 7) is 4.19. The highest BCUT2D eigenvalue weighted by Gasteiger charge is 2.33. The Morgan fingerprint density at radius 1 is 1.03 bits per heavy atom. The number of nitrogens with zero attached hydrogens (tertiary/aromatic N) is 2. The maximum Gasteiger partial charge on any atom is 0.416 e. The second kappa shape index (κ2) is 11.3. The molecule has 1 N–H and O–H groups in total. The van der Waals surface area contributed by atoms with E-state index in [9.17, 15) is 18.0 Å². The van der Waals surface area contributed by atoms with E-state index in [-0.39, 0.29) is 23.4 Å². The quantitative estimate of drug-likeness (QED) is 0.444. The summed E-state index contributed by atoms with van der Waals surface area (Å²) in [6, 6.07) is 12.4. The van der Waals surface area contributed by atoms with Gasteiger partial charge in [-0.3, -0.25) is 4.79 Å². The number of hydrogen-bond acceptors (Lipinski definition) is 3. The zero-order valence-corrected chi connectivity index (χ0v) is 21.7. The van der Waals surface area contributed by atoms with Crippen LogP contribution in [0.15, 0.2) is 42.5 Å². The monoisotopic (exact) mass is 521 g/mol. The fourth-order valence-electron chi connectivity index (χ4n) is 5.55. The van der Waals surface area contributed by atoms with Gasteiger partial charge in [-0.25, -0.2) is 0 Å². The molecule has 4 nitrogen and oxygen atoms in total. The number of benzene rings is 2. The first-order chi connectivity index (χ1) is 17.1. The maximum absolute atomic E-state index is 13.2. The Morgan fingerprint density at radius 2 is 1.67 bits per heavy atom. The van der Waals surface area contributed by atoms with Crippen LogP contribution in [0.3, 0.4) is 0 Å². The molecule has 2 fully saturated rings. The SMILES string of the molecule is Cc1ccc(NC2CCC(C(=O)N(C)CC3CCN(c4ccc(Cl)cc4)CC3)CC2)cc1C(F)(F)F. The van der Waals surface area contributed by atoms with Gasteiger partial charge in [0.2, 0.25) is 5.91 Å². The normalized spacial score (nSPS) is 21.3. The molecular formula is C28H35ClF3N3O. The Labute approximate surface area is 216 Å². The van der Waals surface area contributed by atoms with Crippen LogP contribution in [-0.2, 0) is 11.0 Å². The van der Waals surface area contributed by atoms with Crippen molar-refractivity contribution in [2.24, 2.45) is 11.8 Å². The Bertz CT molecular complexity index is 1030. The van der Waals surface area contributed by atoms with Crippen LogP contribution in [0.5, 0.6) is 0 Å². The van der Waals surface area contributed by atoms with Gasteiger partial charge >= 0.3 is 6.18 Å². The van der Waals surface area contributed by atoms with Gasteiger partial charge in [0, 0.05) is 55.0 Å². The highest BCUT2D eigenvalue weighted by Crippen LogP contribution is 2.35. The number of halogens is 4. The summed E-state index contributed by atoms with van der Waals surface area (Å²) < 4.78 is 39.7. The molecule has 1 amide bonds. The highest BCUT2D eigenvalue weighted by molar-refractivity contribution is 6.30. The molecule has 1 aliphatic carbocycles. The maximum atomic E-state index is 13.2. The van der Waals surface area contributed by atoms with Gasteiger partial charge in [0.1, 0.15) is 0 Å². The van der Waals surface area contributed by atoms with Crippen LogP contribution in [0.2, 0.25) is 5.02 Å². The summed E-state index contributed by atoms with van der Waals surface area (Å²) in [5, 5.41) is 4.00. The van der Waals surface area contributed by atoms with Gasteiger partial charge in [-0.1, -0.05) is 17.7 Å². The molecule has 2 aromatic rings. The van der Waals surface area contributed by atoms with Gasteiger partial charge in [-0.05, 0) is 93.3 Å². The van der Waals surface area contributed by atoms with Crippen LogP contribution in [0.4, 0.5) is 24.5 Å². The van der Waals surface area contributed by atoms with Gasteiger partial charge in [-0.15, -0.1) is 0 Å². The number of alkyl halides is 3. The zero-order chi connectivity index (χ0) is 25.9. The van der Waals surface area contributed by atoms with Gasteiger partial charge < -0.3 is 15.1 Å². The van der Waals surface area contributed by atoms with Crippen molar-refractivity contribution in [2.75, 3.05) is 36.9 Å². The standard InChI is InChI=1S/C28H35ClF3N3O/c1-19-3-8-24(17-26(19)28(30,31)32)33-23-9-4-21(5-10-23)27(36)34(2)18-20-13-15-35(16-14-20)25-11-6-22(29)7-12-25/h3,6-8,11-12,17,20-21,23,33H,4-5,9-10,13-16,18H2,1-2H3. The van der Waals surface area contributed by atoms with E-state index in [0.29, 0.717) is 11.6 Å². The molecule has 1 aliphatic heterocycles. The minimum absolute atomic E-state index is 0.00837. The fourth-order valence-corrected chi connectivity index (χ4v) is 5.68. The number of carbonyl (C=O) groups is 1. The van der Waals surface area contributed by atoms with Crippen molar-refractivity contribution in [3.8, 4) is 0 Å². The van der Waals surface area contributed by atoms with Crippen LogP contribution in [0.25, 0.3) is 0 Å². The van der Waals surface area contributed by atoms with E-state index in [2.05, 4.69) is 22.3 Å². The van der Waals surface area contributed by atoms with Crippen molar-refractivity contribution in [2.45, 2.75) is 57.7 Å². The molecule has 2 aromatic carbocycles. The topological polar surface area (TPSA) is 35.6 Å². The molecule has 1 saturated heterocycles. The number of aryl methyl sites for hydroxylation is 1. The van der Waals surface area contributed by atoms with Crippen molar-refractivity contribution in [1.82, 2.24) is 4.90 Å². The third-order valence-electron chi connectivity index (χ3n) is 7.70. The van der Waals surface area contributed by atoms with E-state index in [1.54, 1.807) is 6.07 Å². The first-order valence-electron chi connectivity index (χ1n) is 12.8. The molecule has 4 rings (SSSR count). The molecule has 0 spiro atoms. The summed E-state index contributed by atoms with van der Waals surface area (Å²) in [6.07, 6.45) is 0.809. The Morgan fingerprint density at radius 3 is 2.28 bits per heavy atom. The largest absolute Gasteiger partial charge is 0.416 e. The third-order valence-corrected chi connectivity index (χ3v) is 7.96. The van der Waals surface area contributed by atoms with Gasteiger partial charge in [0.15, 0.2) is 0 Å². The van der Waals surface area contributed by atoms with E-state index in [0.717, 1.165) is 63.2 Å². The lowest BCUT2D eigenvalue weighted by Crippen LogP contribution is -2.42. The third kappa shape index (κ3) is 6.67. The average molecular weight is 522 g/mol. The summed E-state index contributed by atoms with van der Waals surface area (Å²) in [4.78, 5) is 17.4. The van der Waals surface area contributed by atoms with E-state index >= 15 is 0 Å². The minimum Gasteiger partial charge on any atom is -0.382 e. The molecule has 2 aliphatic rings. The molecule has 8 heteroatoms. The van der Waals surface area contributed by atoms with Crippen LogP contribution in [0.1, 0.15) is 49.7 Å². The summed E-state index contributed by atoms with van der Waals surface area (Å²) in [7, 11) is 1.91. The van der Waals surface area contributed by atoms with Crippen LogP contribution < -0.4 is 10.2 Å². The molecule has 196 valence electrons. The first-order valence-corrected chi connectivity index (χ1v) is 13.2. The predicted molar refractivity (Wildman–Crippen MR) is 140 cm³/mol. The predicted octanol–water partition coefficient (Wildman–Crippen LogP) is 7.01. The van der Waals surface area contributed by atoms with Crippen LogP contribution in [0, 0.1) is 18.8 Å². The number of nitrogens with one attached hydrogen (secondary N) is 1. The molecule has 1 heterocycles. The lowest BCUT2D eigenvalue weighted by Gasteiger charge is -2.36. The number of rotatable bonds is 6. The molecule has 0 aromatic heterocycles. The fraction of sp³-hybridized carbons (Fsp3) is 0.536. The van der Waals surface area contributed by atoms with Crippen molar-refractivity contribution in [3.63, 3.8) is 0 Å². The summed E-state index contributed by atoms with van der Waals surface area (Å²) >= 11 is 6.00. The number of anilines is 2. The number of amides is 1. The van der Waals surface area contributed by atoms with E-state index in [4.69, 9.17) is 11.6 Å². The van der Waals surface area contributed by atoms with E-state index in [1.807, 2.05) is 24.1 Å². The lowest BCUT2D eigenvalue weighted by atomic mass is 9.84. The highest BCUT2D eigenvalue weighted by atomic mass is 35.5. The smallest absolute Gasteiger partial charge is 0.382 e. The van der Waals surface area contributed by atoms with Crippen molar-refractivity contribution in [3.05, 3.63) is 58.6 Å². The Hall–Kier alpha value is -2.41. The second-order valence-corrected chi connectivity index (χ2v) is 10.8. The van der Waals surface area contributed by atoms with Crippen LogP contribution >= 0.6 is 11.6 Å². The van der Waals surface area contributed by atoms with Gasteiger partial charge in [0.05, 0.1) is 5.56 Å². The van der Waals surface area contributed by atoms with Gasteiger partial charge in [0.25, 0.3) is 0 Å². The average Bonchev–Trinajstić information content (AvgIpc) is 2.85. The van der Waals surface area contributed by atoms with Crippen molar-refractivity contribution < 1.29 is 18.0 Å². The van der Waals surface area contributed by atoms with Gasteiger partial charge in [-0.2, -0.15) is 13.2 Å². The van der Waals surface area contributed by atoms with Crippen molar-refractivity contribution >= 4 is 28.9 Å². The molecule has 1 saturated carbocycles. The molecule has 0 bridgehead atoms. The van der Waals surface area contributed by atoms with E-state index < -0.39 is 11.7 Å². The zero-order valence-electron chi connectivity index (χ0n) is 21.0.